The lowest BCUT2D eigenvalue weighted by atomic mass is 10.0. The normalized spacial score (nSPS) is 10.9. The summed E-state index contributed by atoms with van der Waals surface area (Å²) in [7, 11) is 1.50. The molecule has 0 radical (unpaired) electrons. The van der Waals surface area contributed by atoms with Crippen LogP contribution in [-0.2, 0) is 0 Å². The lowest BCUT2D eigenvalue weighted by Gasteiger charge is -2.09. The van der Waals surface area contributed by atoms with Crippen LogP contribution in [0, 0.1) is 0 Å². The Morgan fingerprint density at radius 1 is 1.08 bits per heavy atom. The zero-order valence-electron chi connectivity index (χ0n) is 13.1. The minimum Gasteiger partial charge on any atom is -0.497 e. The Hall–Kier alpha value is -3.22. The lowest BCUT2D eigenvalue weighted by Crippen LogP contribution is -2.02. The Bertz CT molecular complexity index is 926. The summed E-state index contributed by atoms with van der Waals surface area (Å²) in [5.74, 6) is -0.523. The Morgan fingerprint density at radius 2 is 1.76 bits per heavy atom. The van der Waals surface area contributed by atoms with E-state index in [0.717, 1.165) is 0 Å². The Morgan fingerprint density at radius 3 is 2.36 bits per heavy atom. The number of carboxylic acids is 1. The molecule has 3 rings (SSSR count). The van der Waals surface area contributed by atoms with Gasteiger partial charge in [-0.1, -0.05) is 0 Å². The molecule has 3 aromatic rings. The van der Waals surface area contributed by atoms with Crippen molar-refractivity contribution in [1.82, 2.24) is 4.98 Å². The number of alkyl halides is 2. The van der Waals surface area contributed by atoms with E-state index in [1.54, 1.807) is 18.2 Å². The maximum Gasteiger partial charge on any atom is 0.387 e. The fourth-order valence-corrected chi connectivity index (χ4v) is 2.47. The van der Waals surface area contributed by atoms with Crippen molar-refractivity contribution < 1.29 is 28.2 Å². The number of fused-ring (bicyclic) bond motifs is 1. The third-order valence-electron chi connectivity index (χ3n) is 3.62. The molecule has 0 unspecified atom stereocenters. The largest absolute Gasteiger partial charge is 0.497 e. The van der Waals surface area contributed by atoms with Gasteiger partial charge in [0, 0.05) is 17.0 Å². The first-order valence-corrected chi connectivity index (χ1v) is 7.25. The van der Waals surface area contributed by atoms with E-state index in [-0.39, 0.29) is 11.3 Å². The van der Waals surface area contributed by atoms with Crippen LogP contribution in [0.3, 0.4) is 0 Å². The second-order valence-corrected chi connectivity index (χ2v) is 5.15. The van der Waals surface area contributed by atoms with Crippen LogP contribution in [0.15, 0.2) is 48.5 Å². The van der Waals surface area contributed by atoms with E-state index in [4.69, 9.17) is 4.74 Å². The molecule has 0 fully saturated rings. The van der Waals surface area contributed by atoms with Gasteiger partial charge in [-0.3, -0.25) is 0 Å². The fourth-order valence-electron chi connectivity index (χ4n) is 2.47. The molecule has 7 heteroatoms. The highest BCUT2D eigenvalue weighted by molar-refractivity contribution is 6.04. The van der Waals surface area contributed by atoms with Crippen molar-refractivity contribution in [2.75, 3.05) is 7.11 Å². The van der Waals surface area contributed by atoms with Gasteiger partial charge in [0.25, 0.3) is 0 Å². The Balaban J connectivity index is 2.10. The third-order valence-corrected chi connectivity index (χ3v) is 3.62. The number of aromatic nitrogens is 1. The van der Waals surface area contributed by atoms with Gasteiger partial charge in [0.2, 0.25) is 0 Å². The summed E-state index contributed by atoms with van der Waals surface area (Å²) >= 11 is 0. The average molecular weight is 345 g/mol. The first kappa shape index (κ1) is 16.6. The van der Waals surface area contributed by atoms with Gasteiger partial charge in [-0.15, -0.1) is 0 Å². The van der Waals surface area contributed by atoms with Crippen molar-refractivity contribution in [1.29, 1.82) is 0 Å². The smallest absolute Gasteiger partial charge is 0.387 e. The maximum atomic E-state index is 12.2. The van der Waals surface area contributed by atoms with Crippen molar-refractivity contribution >= 4 is 16.9 Å². The van der Waals surface area contributed by atoms with E-state index in [0.29, 0.717) is 27.9 Å². The molecule has 0 saturated heterocycles. The molecule has 0 bridgehead atoms. The second-order valence-electron chi connectivity index (χ2n) is 5.15. The van der Waals surface area contributed by atoms with Gasteiger partial charge in [0.15, 0.2) is 0 Å². The monoisotopic (exact) mass is 345 g/mol. The van der Waals surface area contributed by atoms with Crippen molar-refractivity contribution in [3.63, 3.8) is 0 Å². The van der Waals surface area contributed by atoms with Crippen LogP contribution in [0.25, 0.3) is 22.2 Å². The minimum absolute atomic E-state index is 0.0136. The summed E-state index contributed by atoms with van der Waals surface area (Å²) < 4.78 is 33.9. The number of carboxylic acid groups (broad SMARTS) is 1. The van der Waals surface area contributed by atoms with E-state index in [2.05, 4.69) is 9.72 Å². The van der Waals surface area contributed by atoms with E-state index in [1.165, 1.54) is 37.4 Å². The van der Waals surface area contributed by atoms with Crippen molar-refractivity contribution in [3.05, 3.63) is 54.1 Å². The van der Waals surface area contributed by atoms with Crippen LogP contribution in [0.5, 0.6) is 11.5 Å². The number of hydrogen-bond acceptors (Lipinski definition) is 4. The number of methoxy groups -OCH3 is 1. The molecule has 5 nitrogen and oxygen atoms in total. The molecule has 0 amide bonds. The topological polar surface area (TPSA) is 68.7 Å². The molecule has 0 saturated carbocycles. The minimum atomic E-state index is -2.91. The molecule has 1 aromatic heterocycles. The zero-order chi connectivity index (χ0) is 18.0. The number of hydrogen-bond donors (Lipinski definition) is 1. The van der Waals surface area contributed by atoms with Crippen molar-refractivity contribution in [2.45, 2.75) is 6.61 Å². The first-order valence-electron chi connectivity index (χ1n) is 7.25. The molecular weight excluding hydrogens is 332 g/mol. The highest BCUT2D eigenvalue weighted by Crippen LogP contribution is 2.28. The zero-order valence-corrected chi connectivity index (χ0v) is 13.1. The van der Waals surface area contributed by atoms with Crippen LogP contribution in [0.2, 0.25) is 0 Å². The number of pyridine rings is 1. The van der Waals surface area contributed by atoms with Crippen LogP contribution < -0.4 is 9.47 Å². The van der Waals surface area contributed by atoms with E-state index in [1.807, 2.05) is 0 Å². The second kappa shape index (κ2) is 6.72. The molecule has 25 heavy (non-hydrogen) atoms. The van der Waals surface area contributed by atoms with Gasteiger partial charge in [-0.25, -0.2) is 9.78 Å². The van der Waals surface area contributed by atoms with Gasteiger partial charge in [0.05, 0.1) is 23.9 Å². The summed E-state index contributed by atoms with van der Waals surface area (Å²) in [6.45, 7) is -2.91. The third kappa shape index (κ3) is 3.50. The van der Waals surface area contributed by atoms with Crippen molar-refractivity contribution in [2.24, 2.45) is 0 Å². The molecule has 1 N–H and O–H groups in total. The summed E-state index contributed by atoms with van der Waals surface area (Å²) in [6, 6.07) is 12.2. The quantitative estimate of drug-likeness (QED) is 0.750. The number of aromatic carboxylic acids is 1. The molecule has 0 atom stereocenters. The molecule has 0 spiro atoms. The van der Waals surface area contributed by atoms with E-state index < -0.39 is 12.6 Å². The van der Waals surface area contributed by atoms with Gasteiger partial charge >= 0.3 is 12.6 Å². The highest BCUT2D eigenvalue weighted by Gasteiger charge is 2.14. The number of nitrogens with zero attached hydrogens (tertiary/aromatic N) is 1. The molecule has 0 aliphatic rings. The number of rotatable bonds is 5. The fraction of sp³-hybridized carbons (Fsp3) is 0.111. The maximum absolute atomic E-state index is 12.2. The van der Waals surface area contributed by atoms with Crippen LogP contribution in [0.4, 0.5) is 8.78 Å². The molecule has 1 heterocycles. The predicted molar refractivity (Wildman–Crippen MR) is 87.3 cm³/mol. The summed E-state index contributed by atoms with van der Waals surface area (Å²) in [5, 5.41) is 9.94. The van der Waals surface area contributed by atoms with Gasteiger partial charge in [-0.2, -0.15) is 8.78 Å². The van der Waals surface area contributed by atoms with Crippen molar-refractivity contribution in [3.8, 4) is 22.8 Å². The Labute approximate surface area is 141 Å². The Kier molecular flexibility index (Phi) is 4.47. The molecule has 0 aliphatic heterocycles. The van der Waals surface area contributed by atoms with Crippen LogP contribution in [-0.4, -0.2) is 29.8 Å². The number of halogens is 2. The van der Waals surface area contributed by atoms with E-state index in [9.17, 15) is 18.7 Å². The molecule has 128 valence electrons. The first-order chi connectivity index (χ1) is 12.0. The predicted octanol–water partition coefficient (Wildman–Crippen LogP) is 4.21. The van der Waals surface area contributed by atoms with Gasteiger partial charge in [0.1, 0.15) is 11.5 Å². The summed E-state index contributed by atoms with van der Waals surface area (Å²) in [5.41, 5.74) is 1.54. The molecule has 2 aromatic carbocycles. The average Bonchev–Trinajstić information content (AvgIpc) is 2.60. The van der Waals surface area contributed by atoms with Gasteiger partial charge in [-0.05, 0) is 42.5 Å². The number of carbonyl (C=O) groups is 1. The highest BCUT2D eigenvalue weighted by atomic mass is 19.3. The molecular formula is C18H13F2NO4. The van der Waals surface area contributed by atoms with E-state index >= 15 is 0 Å². The summed E-state index contributed by atoms with van der Waals surface area (Å²) in [6.07, 6.45) is 0. The summed E-state index contributed by atoms with van der Waals surface area (Å²) in [4.78, 5) is 16.0. The number of benzene rings is 2. The van der Waals surface area contributed by atoms with Gasteiger partial charge < -0.3 is 14.6 Å². The SMILES string of the molecule is COc1ccc2c(C(=O)O)cc(-c3ccc(OC(F)F)cc3)nc2c1. The number of ether oxygens (including phenoxy) is 2. The van der Waals surface area contributed by atoms with Crippen LogP contribution >= 0.6 is 0 Å². The standard InChI is InChI=1S/C18H13F2NO4/c1-24-12-6-7-13-14(17(22)23)9-15(21-16(13)8-12)10-2-4-11(5-3-10)25-18(19)20/h2-9,18H,1H3,(H,22,23). The van der Waals surface area contributed by atoms with Crippen LogP contribution in [0.1, 0.15) is 10.4 Å². The molecule has 0 aliphatic carbocycles. The lowest BCUT2D eigenvalue weighted by molar-refractivity contribution is -0.0498.